The van der Waals surface area contributed by atoms with Crippen LogP contribution in [0.2, 0.25) is 0 Å². The van der Waals surface area contributed by atoms with E-state index in [-0.39, 0.29) is 22.8 Å². The van der Waals surface area contributed by atoms with E-state index in [4.69, 9.17) is 10.5 Å². The van der Waals surface area contributed by atoms with Crippen molar-refractivity contribution in [2.75, 3.05) is 19.5 Å². The second kappa shape index (κ2) is 11.1. The standard InChI is InChI=1S/C22H22N4O7S2/c1-3-33-21(28)17-18(23)26(24-19(17)34-13-14-9-5-4-6-10-14)22(29)25-35(30,31)16-12-8-7-11-15(16)20(27)32-2/h4-12H,3,13,23H2,1-2H3,(H,25,29). The van der Waals surface area contributed by atoms with Crippen molar-refractivity contribution in [1.82, 2.24) is 14.5 Å². The zero-order chi connectivity index (χ0) is 25.6. The Bertz CT molecular complexity index is 1360. The number of rotatable bonds is 8. The predicted molar refractivity (Wildman–Crippen MR) is 127 cm³/mol. The monoisotopic (exact) mass is 518 g/mol. The molecule has 0 saturated heterocycles. The summed E-state index contributed by atoms with van der Waals surface area (Å²) >= 11 is 1.13. The van der Waals surface area contributed by atoms with Crippen molar-refractivity contribution in [2.45, 2.75) is 22.6 Å². The number of amides is 1. The highest BCUT2D eigenvalue weighted by molar-refractivity contribution is 7.98. The molecule has 11 nitrogen and oxygen atoms in total. The predicted octanol–water partition coefficient (Wildman–Crippen LogP) is 2.67. The lowest BCUT2D eigenvalue weighted by Gasteiger charge is -2.10. The highest BCUT2D eigenvalue weighted by atomic mass is 32.2. The lowest BCUT2D eigenvalue weighted by atomic mass is 10.2. The lowest BCUT2D eigenvalue weighted by molar-refractivity contribution is 0.0522. The van der Waals surface area contributed by atoms with Crippen LogP contribution in [0.3, 0.4) is 0 Å². The fourth-order valence-electron chi connectivity index (χ4n) is 2.98. The Morgan fingerprint density at radius 3 is 2.37 bits per heavy atom. The number of nitrogens with one attached hydrogen (secondary N) is 1. The summed E-state index contributed by atoms with van der Waals surface area (Å²) in [5, 5.41) is 4.16. The summed E-state index contributed by atoms with van der Waals surface area (Å²) < 4.78 is 37.8. The molecule has 13 heteroatoms. The molecular weight excluding hydrogens is 496 g/mol. The number of nitrogens with two attached hydrogens (primary N) is 1. The maximum absolute atomic E-state index is 12.9. The number of ether oxygens (including phenoxy) is 2. The van der Waals surface area contributed by atoms with Crippen LogP contribution < -0.4 is 10.5 Å². The van der Waals surface area contributed by atoms with Crippen molar-refractivity contribution in [3.8, 4) is 0 Å². The Kier molecular flexibility index (Phi) is 8.14. The summed E-state index contributed by atoms with van der Waals surface area (Å²) in [6, 6.07) is 13.2. The number of nitrogens with zero attached hydrogens (tertiary/aromatic N) is 2. The molecule has 0 fully saturated rings. The molecule has 0 radical (unpaired) electrons. The minimum absolute atomic E-state index is 0.0527. The Hall–Kier alpha value is -3.84. The first-order valence-electron chi connectivity index (χ1n) is 10.2. The summed E-state index contributed by atoms with van der Waals surface area (Å²) in [7, 11) is -3.44. The van der Waals surface area contributed by atoms with Crippen LogP contribution in [0.5, 0.6) is 0 Å². The Morgan fingerprint density at radius 1 is 1.06 bits per heavy atom. The van der Waals surface area contributed by atoms with Gasteiger partial charge in [0.2, 0.25) is 0 Å². The van der Waals surface area contributed by atoms with E-state index in [9.17, 15) is 22.8 Å². The molecule has 0 spiro atoms. The van der Waals surface area contributed by atoms with Gasteiger partial charge in [-0.25, -0.2) is 27.5 Å². The molecule has 0 atom stereocenters. The molecule has 0 saturated carbocycles. The van der Waals surface area contributed by atoms with Crippen LogP contribution in [0.1, 0.15) is 33.2 Å². The van der Waals surface area contributed by atoms with Gasteiger partial charge in [-0.05, 0) is 24.6 Å². The third kappa shape index (κ3) is 5.81. The van der Waals surface area contributed by atoms with E-state index < -0.39 is 38.7 Å². The van der Waals surface area contributed by atoms with Gasteiger partial charge >= 0.3 is 18.0 Å². The highest BCUT2D eigenvalue weighted by Gasteiger charge is 2.30. The highest BCUT2D eigenvalue weighted by Crippen LogP contribution is 2.30. The molecule has 0 bridgehead atoms. The third-order valence-electron chi connectivity index (χ3n) is 4.58. The summed E-state index contributed by atoms with van der Waals surface area (Å²) in [5.74, 6) is -1.71. The first kappa shape index (κ1) is 25.8. The normalized spacial score (nSPS) is 11.0. The van der Waals surface area contributed by atoms with E-state index >= 15 is 0 Å². The summed E-state index contributed by atoms with van der Waals surface area (Å²) in [4.78, 5) is 36.9. The number of carbonyl (C=O) groups excluding carboxylic acids is 3. The largest absolute Gasteiger partial charge is 0.465 e. The summed E-state index contributed by atoms with van der Waals surface area (Å²) in [5.41, 5.74) is 6.52. The molecule has 1 heterocycles. The van der Waals surface area contributed by atoms with Gasteiger partial charge < -0.3 is 15.2 Å². The van der Waals surface area contributed by atoms with Crippen LogP contribution in [0, 0.1) is 0 Å². The van der Waals surface area contributed by atoms with Gasteiger partial charge in [0.1, 0.15) is 21.3 Å². The first-order valence-corrected chi connectivity index (χ1v) is 12.6. The number of methoxy groups -OCH3 is 1. The molecule has 1 amide bonds. The summed E-state index contributed by atoms with van der Waals surface area (Å²) in [6.07, 6.45) is 0. The van der Waals surface area contributed by atoms with Crippen LogP contribution in [0.25, 0.3) is 0 Å². The molecule has 2 aromatic carbocycles. The number of hydrogen-bond donors (Lipinski definition) is 2. The van der Waals surface area contributed by atoms with Gasteiger partial charge in [-0.3, -0.25) is 0 Å². The molecule has 35 heavy (non-hydrogen) atoms. The lowest BCUT2D eigenvalue weighted by Crippen LogP contribution is -2.36. The van der Waals surface area contributed by atoms with E-state index in [2.05, 4.69) is 9.84 Å². The van der Waals surface area contributed by atoms with Crippen molar-refractivity contribution in [3.63, 3.8) is 0 Å². The SMILES string of the molecule is CCOC(=O)c1c(SCc2ccccc2)nn(C(=O)NS(=O)(=O)c2ccccc2C(=O)OC)c1N. The van der Waals surface area contributed by atoms with Crippen LogP contribution in [-0.4, -0.2) is 49.9 Å². The van der Waals surface area contributed by atoms with Crippen molar-refractivity contribution >= 4 is 45.6 Å². The number of benzene rings is 2. The number of hydrogen-bond acceptors (Lipinski definition) is 10. The molecule has 0 unspecified atom stereocenters. The van der Waals surface area contributed by atoms with Crippen LogP contribution >= 0.6 is 11.8 Å². The second-order valence-corrected chi connectivity index (χ2v) is 9.49. The third-order valence-corrected chi connectivity index (χ3v) is 7.00. The van der Waals surface area contributed by atoms with Crippen molar-refractivity contribution in [2.24, 2.45) is 0 Å². The van der Waals surface area contributed by atoms with Crippen LogP contribution in [0.4, 0.5) is 10.6 Å². The van der Waals surface area contributed by atoms with Crippen molar-refractivity contribution in [3.05, 3.63) is 71.3 Å². The van der Waals surface area contributed by atoms with E-state index in [1.54, 1.807) is 6.92 Å². The van der Waals surface area contributed by atoms with Crippen molar-refractivity contribution in [1.29, 1.82) is 0 Å². The smallest absolute Gasteiger partial charge is 0.357 e. The number of aromatic nitrogens is 2. The minimum Gasteiger partial charge on any atom is -0.465 e. The maximum Gasteiger partial charge on any atom is 0.357 e. The average molecular weight is 519 g/mol. The molecule has 3 aromatic rings. The van der Waals surface area contributed by atoms with Gasteiger partial charge in [0.15, 0.2) is 0 Å². The van der Waals surface area contributed by atoms with E-state index in [0.717, 1.165) is 30.5 Å². The van der Waals surface area contributed by atoms with Crippen LogP contribution in [0.15, 0.2) is 64.5 Å². The topological polar surface area (TPSA) is 160 Å². The Balaban J connectivity index is 1.94. The molecule has 0 aliphatic rings. The Morgan fingerprint density at radius 2 is 1.71 bits per heavy atom. The van der Waals surface area contributed by atoms with Crippen molar-refractivity contribution < 1.29 is 32.3 Å². The number of carbonyl (C=O) groups is 3. The number of nitrogen functional groups attached to an aromatic ring is 1. The molecule has 3 rings (SSSR count). The second-order valence-electron chi connectivity index (χ2n) is 6.87. The maximum atomic E-state index is 12.9. The summed E-state index contributed by atoms with van der Waals surface area (Å²) in [6.45, 7) is 1.66. The fourth-order valence-corrected chi connectivity index (χ4v) is 5.07. The van der Waals surface area contributed by atoms with E-state index in [1.165, 1.54) is 18.2 Å². The number of sulfonamides is 1. The fraction of sp³-hybridized carbons (Fsp3) is 0.182. The van der Waals surface area contributed by atoms with Gasteiger partial charge in [0.25, 0.3) is 10.0 Å². The number of anilines is 1. The average Bonchev–Trinajstić information content (AvgIpc) is 3.19. The zero-order valence-electron chi connectivity index (χ0n) is 18.8. The quantitative estimate of drug-likeness (QED) is 0.335. The van der Waals surface area contributed by atoms with Gasteiger partial charge in [0, 0.05) is 5.75 Å². The van der Waals surface area contributed by atoms with Gasteiger partial charge in [-0.1, -0.05) is 54.2 Å². The van der Waals surface area contributed by atoms with Gasteiger partial charge in [-0.15, -0.1) is 0 Å². The zero-order valence-corrected chi connectivity index (χ0v) is 20.4. The minimum atomic E-state index is -4.54. The molecule has 1 aromatic heterocycles. The van der Waals surface area contributed by atoms with Crippen LogP contribution in [-0.2, 0) is 25.2 Å². The molecule has 184 valence electrons. The first-order chi connectivity index (χ1) is 16.7. The number of esters is 2. The molecular formula is C22H22N4O7S2. The van der Waals surface area contributed by atoms with E-state index in [1.807, 2.05) is 35.1 Å². The van der Waals surface area contributed by atoms with Gasteiger partial charge in [0.05, 0.1) is 19.3 Å². The van der Waals surface area contributed by atoms with Gasteiger partial charge in [-0.2, -0.15) is 9.78 Å². The molecule has 3 N–H and O–H groups in total. The molecule has 0 aliphatic carbocycles. The van der Waals surface area contributed by atoms with E-state index in [0.29, 0.717) is 10.4 Å². The number of thioether (sulfide) groups is 1. The molecule has 0 aliphatic heterocycles. The Labute approximate surface area is 205 Å².